The number of benzene rings is 1. The van der Waals surface area contributed by atoms with Crippen LogP contribution in [0.4, 0.5) is 5.69 Å². The summed E-state index contributed by atoms with van der Waals surface area (Å²) in [5, 5.41) is 4.27. The summed E-state index contributed by atoms with van der Waals surface area (Å²) in [6, 6.07) is 10.4. The molecular weight excluding hydrogens is 372 g/mol. The smallest absolute Gasteiger partial charge is 0.320 e. The number of thiophene rings is 1. The lowest BCUT2D eigenvalue weighted by atomic mass is 10.1. The van der Waals surface area contributed by atoms with Crippen molar-refractivity contribution in [1.82, 2.24) is 4.90 Å². The number of anilines is 1. The molecule has 136 valence electrons. The summed E-state index contributed by atoms with van der Waals surface area (Å²) in [5.41, 5.74) is 1.04. The molecule has 0 spiro atoms. The zero-order chi connectivity index (χ0) is 18.5. The molecule has 0 saturated carbocycles. The second-order valence-electron chi connectivity index (χ2n) is 5.65. The fourth-order valence-electron chi connectivity index (χ4n) is 2.62. The van der Waals surface area contributed by atoms with Crippen LogP contribution in [0.3, 0.4) is 0 Å². The molecule has 1 saturated heterocycles. The predicted molar refractivity (Wildman–Crippen MR) is 103 cm³/mol. The first-order chi connectivity index (χ1) is 12.6. The minimum Gasteiger partial charge on any atom is -0.468 e. The van der Waals surface area contributed by atoms with Gasteiger partial charge in [0.05, 0.1) is 12.0 Å². The number of nitrogens with zero attached hydrogens (tertiary/aromatic N) is 1. The van der Waals surface area contributed by atoms with Crippen molar-refractivity contribution in [2.75, 3.05) is 31.3 Å². The molecule has 0 unspecified atom stereocenters. The summed E-state index contributed by atoms with van der Waals surface area (Å²) in [7, 11) is 1.35. The Balaban J connectivity index is 1.70. The van der Waals surface area contributed by atoms with Crippen LogP contribution in [-0.4, -0.2) is 53.9 Å². The van der Waals surface area contributed by atoms with E-state index in [4.69, 9.17) is 4.74 Å². The lowest BCUT2D eigenvalue weighted by molar-refractivity contribution is -0.140. The van der Waals surface area contributed by atoms with Crippen molar-refractivity contribution in [3.63, 3.8) is 0 Å². The highest BCUT2D eigenvalue weighted by Gasteiger charge is 2.30. The van der Waals surface area contributed by atoms with Crippen molar-refractivity contribution < 1.29 is 19.1 Å². The average Bonchev–Trinajstić information content (AvgIpc) is 3.22. The van der Waals surface area contributed by atoms with Crippen LogP contribution in [0.5, 0.6) is 0 Å². The van der Waals surface area contributed by atoms with Crippen LogP contribution in [-0.2, 0) is 9.53 Å². The molecule has 1 aromatic heterocycles. The SMILES string of the molecule is COC(=O)[C@@H]1CN(C(=O)c2cccc(NC(=O)c3cccs3)c2)CCS1. The van der Waals surface area contributed by atoms with Gasteiger partial charge in [-0.1, -0.05) is 12.1 Å². The Labute approximate surface area is 159 Å². The van der Waals surface area contributed by atoms with Gasteiger partial charge in [-0.25, -0.2) is 0 Å². The van der Waals surface area contributed by atoms with E-state index in [0.717, 1.165) is 0 Å². The number of ether oxygens (including phenoxy) is 1. The van der Waals surface area contributed by atoms with Crippen LogP contribution in [0, 0.1) is 0 Å². The largest absolute Gasteiger partial charge is 0.468 e. The van der Waals surface area contributed by atoms with Crippen LogP contribution in [0.1, 0.15) is 20.0 Å². The first-order valence-corrected chi connectivity index (χ1v) is 9.95. The van der Waals surface area contributed by atoms with Crippen molar-refractivity contribution in [3.8, 4) is 0 Å². The lowest BCUT2D eigenvalue weighted by Gasteiger charge is -2.31. The van der Waals surface area contributed by atoms with Crippen molar-refractivity contribution in [2.45, 2.75) is 5.25 Å². The molecule has 0 aliphatic carbocycles. The van der Waals surface area contributed by atoms with Gasteiger partial charge in [0, 0.05) is 30.1 Å². The quantitative estimate of drug-likeness (QED) is 0.813. The molecule has 0 radical (unpaired) electrons. The Morgan fingerprint density at radius 3 is 2.81 bits per heavy atom. The second kappa shape index (κ2) is 8.37. The van der Waals surface area contributed by atoms with E-state index in [1.807, 2.05) is 11.4 Å². The highest BCUT2D eigenvalue weighted by Crippen LogP contribution is 2.22. The topological polar surface area (TPSA) is 75.7 Å². The Bertz CT molecular complexity index is 807. The first-order valence-electron chi connectivity index (χ1n) is 8.02. The van der Waals surface area contributed by atoms with Crippen LogP contribution < -0.4 is 5.32 Å². The van der Waals surface area contributed by atoms with E-state index in [0.29, 0.717) is 35.0 Å². The summed E-state index contributed by atoms with van der Waals surface area (Å²) >= 11 is 2.85. The molecule has 2 heterocycles. The summed E-state index contributed by atoms with van der Waals surface area (Å²) in [4.78, 5) is 38.9. The first kappa shape index (κ1) is 18.5. The number of hydrogen-bond donors (Lipinski definition) is 1. The van der Waals surface area contributed by atoms with Crippen molar-refractivity contribution in [2.24, 2.45) is 0 Å². The summed E-state index contributed by atoms with van der Waals surface area (Å²) in [5.74, 6) is 0.000878. The number of hydrogen-bond acceptors (Lipinski definition) is 6. The third-order valence-corrected chi connectivity index (χ3v) is 5.96. The van der Waals surface area contributed by atoms with E-state index in [1.165, 1.54) is 30.2 Å². The maximum atomic E-state index is 12.8. The molecule has 1 N–H and O–H groups in total. The number of carbonyl (C=O) groups is 3. The third kappa shape index (κ3) is 4.25. The van der Waals surface area contributed by atoms with E-state index in [2.05, 4.69) is 5.32 Å². The Hall–Kier alpha value is -2.32. The van der Waals surface area contributed by atoms with Crippen LogP contribution in [0.2, 0.25) is 0 Å². The average molecular weight is 390 g/mol. The van der Waals surface area contributed by atoms with Gasteiger partial charge in [0.15, 0.2) is 0 Å². The van der Waals surface area contributed by atoms with Crippen molar-refractivity contribution in [3.05, 3.63) is 52.2 Å². The number of carbonyl (C=O) groups excluding carboxylic acids is 3. The second-order valence-corrected chi connectivity index (χ2v) is 7.90. The van der Waals surface area contributed by atoms with Crippen LogP contribution >= 0.6 is 23.1 Å². The Morgan fingerprint density at radius 1 is 1.23 bits per heavy atom. The molecule has 2 amide bonds. The minimum absolute atomic E-state index is 0.161. The van der Waals surface area contributed by atoms with Gasteiger partial charge in [0.1, 0.15) is 5.25 Å². The summed E-state index contributed by atoms with van der Waals surface area (Å²) in [6.45, 7) is 0.894. The highest BCUT2D eigenvalue weighted by atomic mass is 32.2. The molecule has 1 aliphatic rings. The van der Waals surface area contributed by atoms with Gasteiger partial charge in [0.25, 0.3) is 11.8 Å². The predicted octanol–water partition coefficient (Wildman–Crippen LogP) is 2.73. The number of nitrogens with one attached hydrogen (secondary N) is 1. The minimum atomic E-state index is -0.362. The maximum absolute atomic E-state index is 12.8. The summed E-state index contributed by atoms with van der Waals surface area (Å²) < 4.78 is 4.78. The van der Waals surface area contributed by atoms with E-state index >= 15 is 0 Å². The van der Waals surface area contributed by atoms with Gasteiger partial charge in [-0.3, -0.25) is 14.4 Å². The van der Waals surface area contributed by atoms with Gasteiger partial charge in [-0.15, -0.1) is 23.1 Å². The molecule has 1 fully saturated rings. The molecule has 1 aliphatic heterocycles. The van der Waals surface area contributed by atoms with E-state index < -0.39 is 0 Å². The molecule has 3 rings (SSSR count). The lowest BCUT2D eigenvalue weighted by Crippen LogP contribution is -2.44. The number of amides is 2. The van der Waals surface area contributed by atoms with Gasteiger partial charge >= 0.3 is 5.97 Å². The maximum Gasteiger partial charge on any atom is 0.320 e. The molecule has 1 aromatic carbocycles. The highest BCUT2D eigenvalue weighted by molar-refractivity contribution is 8.00. The Morgan fingerprint density at radius 2 is 2.08 bits per heavy atom. The molecule has 6 nitrogen and oxygen atoms in total. The van der Waals surface area contributed by atoms with Crippen molar-refractivity contribution in [1.29, 1.82) is 0 Å². The molecule has 26 heavy (non-hydrogen) atoms. The molecule has 8 heteroatoms. The number of esters is 1. The van der Waals surface area contributed by atoms with E-state index in [9.17, 15) is 14.4 Å². The van der Waals surface area contributed by atoms with Gasteiger partial charge in [-0.05, 0) is 29.6 Å². The molecule has 2 aromatic rings. The van der Waals surface area contributed by atoms with E-state index in [-0.39, 0.29) is 23.0 Å². The van der Waals surface area contributed by atoms with Crippen molar-refractivity contribution >= 4 is 46.6 Å². The molecular formula is C18H18N2O4S2. The monoisotopic (exact) mass is 390 g/mol. The number of rotatable bonds is 4. The van der Waals surface area contributed by atoms with Crippen LogP contribution in [0.15, 0.2) is 41.8 Å². The van der Waals surface area contributed by atoms with Crippen LogP contribution in [0.25, 0.3) is 0 Å². The fraction of sp³-hybridized carbons (Fsp3) is 0.278. The molecule has 1 atom stereocenters. The normalized spacial score (nSPS) is 16.8. The third-order valence-electron chi connectivity index (χ3n) is 3.93. The zero-order valence-corrected chi connectivity index (χ0v) is 15.8. The number of thioether (sulfide) groups is 1. The van der Waals surface area contributed by atoms with E-state index in [1.54, 1.807) is 35.2 Å². The Kier molecular flexibility index (Phi) is 5.95. The summed E-state index contributed by atoms with van der Waals surface area (Å²) in [6.07, 6.45) is 0. The number of methoxy groups -OCH3 is 1. The van der Waals surface area contributed by atoms with Gasteiger partial charge in [-0.2, -0.15) is 0 Å². The molecule has 0 bridgehead atoms. The van der Waals surface area contributed by atoms with Gasteiger partial charge in [0.2, 0.25) is 0 Å². The fourth-order valence-corrected chi connectivity index (χ4v) is 4.37. The standard InChI is InChI=1S/C18H18N2O4S2/c1-24-18(23)15-11-20(7-9-26-15)17(22)12-4-2-5-13(10-12)19-16(21)14-6-3-8-25-14/h2-6,8,10,15H,7,9,11H2,1H3,(H,19,21)/t15-/m0/s1. The van der Waals surface area contributed by atoms with Gasteiger partial charge < -0.3 is 15.0 Å². The zero-order valence-electron chi connectivity index (χ0n) is 14.1.